The minimum absolute atomic E-state index is 0.189. The van der Waals surface area contributed by atoms with Crippen molar-refractivity contribution in [2.24, 2.45) is 0 Å². The number of hydrogen-bond acceptors (Lipinski definition) is 2. The van der Waals surface area contributed by atoms with Gasteiger partial charge in [0.15, 0.2) is 0 Å². The van der Waals surface area contributed by atoms with Crippen molar-refractivity contribution in [3.05, 3.63) is 35.9 Å². The van der Waals surface area contributed by atoms with E-state index in [0.717, 1.165) is 25.8 Å². The highest BCUT2D eigenvalue weighted by Crippen LogP contribution is 1.98. The molecule has 0 amide bonds. The smallest absolute Gasteiger partial charge is 0.0664 e. The van der Waals surface area contributed by atoms with Crippen molar-refractivity contribution in [3.63, 3.8) is 0 Å². The highest BCUT2D eigenvalue weighted by atomic mass is 16.3. The lowest BCUT2D eigenvalue weighted by Crippen LogP contribution is -2.28. The zero-order valence-electron chi connectivity index (χ0n) is 9.45. The largest absolute Gasteiger partial charge is 0.392 e. The van der Waals surface area contributed by atoms with Crippen LogP contribution in [0.2, 0.25) is 0 Å². The number of rotatable bonds is 7. The third-order valence-electron chi connectivity index (χ3n) is 2.44. The average molecular weight is 207 g/mol. The van der Waals surface area contributed by atoms with E-state index in [9.17, 15) is 5.11 Å². The molecule has 0 aliphatic rings. The van der Waals surface area contributed by atoms with Crippen LogP contribution in [0, 0.1) is 0 Å². The number of hydrogen-bond donors (Lipinski definition) is 2. The highest BCUT2D eigenvalue weighted by Gasteiger charge is 2.00. The van der Waals surface area contributed by atoms with Gasteiger partial charge in [-0.15, -0.1) is 0 Å². The first-order valence-electron chi connectivity index (χ1n) is 5.75. The summed E-state index contributed by atoms with van der Waals surface area (Å²) in [6, 6.07) is 10.4. The Morgan fingerprint density at radius 3 is 2.67 bits per heavy atom. The van der Waals surface area contributed by atoms with Crippen LogP contribution >= 0.6 is 0 Å². The lowest BCUT2D eigenvalue weighted by atomic mass is 10.1. The SMILES string of the molecule is CCCC(O)CNCCc1ccccc1. The van der Waals surface area contributed by atoms with E-state index in [0.29, 0.717) is 6.54 Å². The predicted molar refractivity (Wildman–Crippen MR) is 63.9 cm³/mol. The molecule has 1 atom stereocenters. The van der Waals surface area contributed by atoms with Crippen molar-refractivity contribution in [3.8, 4) is 0 Å². The fourth-order valence-electron chi connectivity index (χ4n) is 1.58. The Hall–Kier alpha value is -0.860. The first-order valence-corrected chi connectivity index (χ1v) is 5.75. The minimum Gasteiger partial charge on any atom is -0.392 e. The van der Waals surface area contributed by atoms with Crippen LogP contribution < -0.4 is 5.32 Å². The summed E-state index contributed by atoms with van der Waals surface area (Å²) < 4.78 is 0. The van der Waals surface area contributed by atoms with E-state index in [1.807, 2.05) is 6.07 Å². The summed E-state index contributed by atoms with van der Waals surface area (Å²) in [6.45, 7) is 3.73. The molecule has 1 unspecified atom stereocenters. The van der Waals surface area contributed by atoms with Gasteiger partial charge in [-0.3, -0.25) is 0 Å². The van der Waals surface area contributed by atoms with Crippen LogP contribution in [0.15, 0.2) is 30.3 Å². The van der Waals surface area contributed by atoms with Crippen molar-refractivity contribution in [1.29, 1.82) is 0 Å². The fourth-order valence-corrected chi connectivity index (χ4v) is 1.58. The monoisotopic (exact) mass is 207 g/mol. The molecule has 2 nitrogen and oxygen atoms in total. The number of aliphatic hydroxyl groups is 1. The molecule has 1 aromatic carbocycles. The van der Waals surface area contributed by atoms with E-state index in [2.05, 4.69) is 36.5 Å². The molecule has 2 N–H and O–H groups in total. The molecule has 0 saturated carbocycles. The van der Waals surface area contributed by atoms with Crippen molar-refractivity contribution in [2.45, 2.75) is 32.3 Å². The normalized spacial score (nSPS) is 12.7. The molecule has 84 valence electrons. The molecule has 15 heavy (non-hydrogen) atoms. The Balaban J connectivity index is 2.07. The topological polar surface area (TPSA) is 32.3 Å². The van der Waals surface area contributed by atoms with Crippen molar-refractivity contribution in [1.82, 2.24) is 5.32 Å². The van der Waals surface area contributed by atoms with Crippen LogP contribution in [-0.4, -0.2) is 24.3 Å². The quantitative estimate of drug-likeness (QED) is 0.670. The molecule has 0 saturated heterocycles. The van der Waals surface area contributed by atoms with Gasteiger partial charge in [0.25, 0.3) is 0 Å². The number of benzene rings is 1. The lowest BCUT2D eigenvalue weighted by molar-refractivity contribution is 0.161. The third-order valence-corrected chi connectivity index (χ3v) is 2.44. The molecule has 1 rings (SSSR count). The molecule has 0 radical (unpaired) electrons. The van der Waals surface area contributed by atoms with Crippen LogP contribution in [0.5, 0.6) is 0 Å². The second-order valence-corrected chi connectivity index (χ2v) is 3.88. The summed E-state index contributed by atoms with van der Waals surface area (Å²) >= 11 is 0. The predicted octanol–water partition coefficient (Wildman–Crippen LogP) is 1.98. The molecule has 0 bridgehead atoms. The molecule has 0 spiro atoms. The number of nitrogens with one attached hydrogen (secondary N) is 1. The van der Waals surface area contributed by atoms with Gasteiger partial charge in [-0.05, 0) is 24.9 Å². The van der Waals surface area contributed by atoms with E-state index in [1.165, 1.54) is 5.56 Å². The maximum absolute atomic E-state index is 9.48. The third kappa shape index (κ3) is 5.55. The molecule has 0 fully saturated rings. The van der Waals surface area contributed by atoms with Crippen LogP contribution in [0.4, 0.5) is 0 Å². The van der Waals surface area contributed by atoms with Gasteiger partial charge < -0.3 is 10.4 Å². The second-order valence-electron chi connectivity index (χ2n) is 3.88. The van der Waals surface area contributed by atoms with Crippen LogP contribution in [-0.2, 0) is 6.42 Å². The Bertz CT molecular complexity index is 248. The zero-order valence-corrected chi connectivity index (χ0v) is 9.45. The molecule has 0 aromatic heterocycles. The van der Waals surface area contributed by atoms with E-state index in [1.54, 1.807) is 0 Å². The van der Waals surface area contributed by atoms with Crippen molar-refractivity contribution < 1.29 is 5.11 Å². The van der Waals surface area contributed by atoms with Crippen LogP contribution in [0.25, 0.3) is 0 Å². The maximum atomic E-state index is 9.48. The van der Waals surface area contributed by atoms with Crippen LogP contribution in [0.1, 0.15) is 25.3 Å². The van der Waals surface area contributed by atoms with Gasteiger partial charge in [-0.2, -0.15) is 0 Å². The van der Waals surface area contributed by atoms with Gasteiger partial charge in [0.1, 0.15) is 0 Å². The lowest BCUT2D eigenvalue weighted by Gasteiger charge is -2.10. The highest BCUT2D eigenvalue weighted by molar-refractivity contribution is 5.14. The van der Waals surface area contributed by atoms with Gasteiger partial charge in [0, 0.05) is 6.54 Å². The summed E-state index contributed by atoms with van der Waals surface area (Å²) in [4.78, 5) is 0. The first-order chi connectivity index (χ1) is 7.33. The van der Waals surface area contributed by atoms with E-state index in [4.69, 9.17) is 0 Å². The maximum Gasteiger partial charge on any atom is 0.0664 e. The van der Waals surface area contributed by atoms with Gasteiger partial charge in [-0.25, -0.2) is 0 Å². The summed E-state index contributed by atoms with van der Waals surface area (Å²) in [5, 5.41) is 12.8. The van der Waals surface area contributed by atoms with Crippen LogP contribution in [0.3, 0.4) is 0 Å². The van der Waals surface area contributed by atoms with Gasteiger partial charge in [0.05, 0.1) is 6.10 Å². The molecule has 1 aromatic rings. The Morgan fingerprint density at radius 2 is 2.00 bits per heavy atom. The fraction of sp³-hybridized carbons (Fsp3) is 0.538. The molecule has 0 aliphatic carbocycles. The summed E-state index contributed by atoms with van der Waals surface area (Å²) in [5.41, 5.74) is 1.34. The molecular formula is C13H21NO. The average Bonchev–Trinajstić information content (AvgIpc) is 2.26. The van der Waals surface area contributed by atoms with E-state index >= 15 is 0 Å². The molecule has 2 heteroatoms. The summed E-state index contributed by atoms with van der Waals surface area (Å²) in [6.07, 6.45) is 2.77. The second kappa shape index (κ2) is 7.43. The summed E-state index contributed by atoms with van der Waals surface area (Å²) in [7, 11) is 0. The first kappa shape index (κ1) is 12.2. The standard InChI is InChI=1S/C13H21NO/c1-2-6-13(15)11-14-10-9-12-7-4-3-5-8-12/h3-5,7-8,13-15H,2,6,9-11H2,1H3. The molecular weight excluding hydrogens is 186 g/mol. The van der Waals surface area contributed by atoms with Gasteiger partial charge >= 0.3 is 0 Å². The Morgan fingerprint density at radius 1 is 1.27 bits per heavy atom. The minimum atomic E-state index is -0.189. The Kier molecular flexibility index (Phi) is 6.05. The summed E-state index contributed by atoms with van der Waals surface area (Å²) in [5.74, 6) is 0. The van der Waals surface area contributed by atoms with Crippen molar-refractivity contribution in [2.75, 3.05) is 13.1 Å². The Labute approximate surface area is 92.3 Å². The molecule has 0 aliphatic heterocycles. The van der Waals surface area contributed by atoms with Crippen molar-refractivity contribution >= 4 is 0 Å². The molecule has 0 heterocycles. The van der Waals surface area contributed by atoms with E-state index < -0.39 is 0 Å². The van der Waals surface area contributed by atoms with Gasteiger partial charge in [-0.1, -0.05) is 43.7 Å². The number of aliphatic hydroxyl groups excluding tert-OH is 1. The van der Waals surface area contributed by atoms with Gasteiger partial charge in [0.2, 0.25) is 0 Å². The van der Waals surface area contributed by atoms with E-state index in [-0.39, 0.29) is 6.10 Å². The zero-order chi connectivity index (χ0) is 10.9.